The van der Waals surface area contributed by atoms with E-state index in [2.05, 4.69) is 5.32 Å². The molecule has 0 aromatic heterocycles. The van der Waals surface area contributed by atoms with E-state index in [1.54, 1.807) is 13.0 Å². The maximum absolute atomic E-state index is 12.4. The molecule has 3 nitrogen and oxygen atoms in total. The van der Waals surface area contributed by atoms with Gasteiger partial charge in [0.25, 0.3) is 0 Å². The first kappa shape index (κ1) is 13.3. The zero-order chi connectivity index (χ0) is 13.1. The fraction of sp³-hybridized carbons (Fsp3) is 0.364. The van der Waals surface area contributed by atoms with E-state index in [-0.39, 0.29) is 11.6 Å². The Balaban J connectivity index is 3.07. The summed E-state index contributed by atoms with van der Waals surface area (Å²) in [6, 6.07) is 4.63. The highest BCUT2D eigenvalue weighted by Crippen LogP contribution is 2.31. The molecule has 0 saturated carbocycles. The van der Waals surface area contributed by atoms with Gasteiger partial charge in [-0.05, 0) is 25.1 Å². The van der Waals surface area contributed by atoms with Crippen molar-refractivity contribution in [2.45, 2.75) is 19.1 Å². The summed E-state index contributed by atoms with van der Waals surface area (Å²) in [7, 11) is 0. The Morgan fingerprint density at radius 1 is 1.47 bits per heavy atom. The zero-order valence-electron chi connectivity index (χ0n) is 9.17. The fourth-order valence-electron chi connectivity index (χ4n) is 1.26. The number of rotatable bonds is 3. The number of benzene rings is 1. The molecular weight excluding hydrogens is 231 g/mol. The molecular formula is C11H12F3N3. The molecule has 92 valence electrons. The monoisotopic (exact) mass is 243 g/mol. The normalized spacial score (nSPS) is 12.9. The highest BCUT2D eigenvalue weighted by Gasteiger charge is 2.31. The summed E-state index contributed by atoms with van der Waals surface area (Å²) in [5, 5.41) is 11.7. The minimum atomic E-state index is -4.44. The van der Waals surface area contributed by atoms with Crippen LogP contribution in [0.1, 0.15) is 18.1 Å². The molecule has 0 radical (unpaired) electrons. The Hall–Kier alpha value is -1.74. The van der Waals surface area contributed by atoms with Gasteiger partial charge in [-0.15, -0.1) is 0 Å². The van der Waals surface area contributed by atoms with E-state index in [0.717, 1.165) is 12.1 Å². The summed E-state index contributed by atoms with van der Waals surface area (Å²) in [5.41, 5.74) is 4.87. The number of nitrogens with zero attached hydrogens (tertiary/aromatic N) is 1. The van der Waals surface area contributed by atoms with Crippen LogP contribution in [0, 0.1) is 11.3 Å². The average Bonchev–Trinajstić information content (AvgIpc) is 2.27. The quantitative estimate of drug-likeness (QED) is 0.856. The molecule has 1 atom stereocenters. The largest absolute Gasteiger partial charge is 0.416 e. The topological polar surface area (TPSA) is 61.8 Å². The highest BCUT2D eigenvalue weighted by molar-refractivity contribution is 5.59. The van der Waals surface area contributed by atoms with Gasteiger partial charge in [0, 0.05) is 12.6 Å². The maximum Gasteiger partial charge on any atom is 0.416 e. The van der Waals surface area contributed by atoms with Gasteiger partial charge in [0.2, 0.25) is 0 Å². The molecule has 0 aliphatic carbocycles. The first-order valence-electron chi connectivity index (χ1n) is 4.96. The Bertz CT molecular complexity index is 435. The molecule has 0 heterocycles. The first-order valence-corrected chi connectivity index (χ1v) is 4.96. The summed E-state index contributed by atoms with van der Waals surface area (Å²) < 4.78 is 37.2. The van der Waals surface area contributed by atoms with Gasteiger partial charge >= 0.3 is 6.18 Å². The molecule has 0 bridgehead atoms. The standard InChI is InChI=1S/C11H12F3N3/c1-7(5-15)17-10-3-2-9(11(12,13)14)4-8(10)6-16/h2-4,7,17H,5,15H2,1H3. The number of nitrogens with two attached hydrogens (primary N) is 1. The van der Waals surface area contributed by atoms with E-state index in [9.17, 15) is 13.2 Å². The summed E-state index contributed by atoms with van der Waals surface area (Å²) >= 11 is 0. The lowest BCUT2D eigenvalue weighted by atomic mass is 10.1. The average molecular weight is 243 g/mol. The van der Waals surface area contributed by atoms with Crippen LogP contribution >= 0.6 is 0 Å². The van der Waals surface area contributed by atoms with Crippen molar-refractivity contribution >= 4 is 5.69 Å². The third-order valence-corrected chi connectivity index (χ3v) is 2.22. The predicted octanol–water partition coefficient (Wildman–Crippen LogP) is 2.34. The van der Waals surface area contributed by atoms with E-state index >= 15 is 0 Å². The second-order valence-corrected chi connectivity index (χ2v) is 3.65. The lowest BCUT2D eigenvalue weighted by Crippen LogP contribution is -2.25. The number of hydrogen-bond acceptors (Lipinski definition) is 3. The van der Waals surface area contributed by atoms with E-state index in [1.807, 2.05) is 0 Å². The van der Waals surface area contributed by atoms with E-state index in [1.165, 1.54) is 6.07 Å². The Labute approximate surface area is 97.0 Å². The maximum atomic E-state index is 12.4. The van der Waals surface area contributed by atoms with E-state index in [4.69, 9.17) is 11.0 Å². The molecule has 0 amide bonds. The molecule has 1 aromatic rings. The summed E-state index contributed by atoms with van der Waals surface area (Å²) in [6.45, 7) is 2.10. The number of anilines is 1. The smallest absolute Gasteiger partial charge is 0.380 e. The Kier molecular flexibility index (Phi) is 3.97. The van der Waals surface area contributed by atoms with Crippen LogP contribution in [-0.2, 0) is 6.18 Å². The van der Waals surface area contributed by atoms with Gasteiger partial charge in [0.05, 0.1) is 16.8 Å². The zero-order valence-corrected chi connectivity index (χ0v) is 9.17. The summed E-state index contributed by atoms with van der Waals surface area (Å²) in [5.74, 6) is 0. The molecule has 1 aromatic carbocycles. The SMILES string of the molecule is CC(CN)Nc1ccc(C(F)(F)F)cc1C#N. The highest BCUT2D eigenvalue weighted by atomic mass is 19.4. The van der Waals surface area contributed by atoms with Gasteiger partial charge in [-0.3, -0.25) is 0 Å². The van der Waals surface area contributed by atoms with Crippen LogP contribution in [0.5, 0.6) is 0 Å². The number of nitriles is 1. The van der Waals surface area contributed by atoms with Crippen molar-refractivity contribution in [1.82, 2.24) is 0 Å². The van der Waals surface area contributed by atoms with Gasteiger partial charge in [-0.25, -0.2) is 0 Å². The number of halogens is 3. The minimum absolute atomic E-state index is 0.0416. The molecule has 0 fully saturated rings. The van der Waals surface area contributed by atoms with Crippen LogP contribution in [0.4, 0.5) is 18.9 Å². The number of nitrogens with one attached hydrogen (secondary N) is 1. The number of hydrogen-bond donors (Lipinski definition) is 2. The molecule has 1 rings (SSSR count). The third-order valence-electron chi connectivity index (χ3n) is 2.22. The first-order chi connectivity index (χ1) is 7.88. The van der Waals surface area contributed by atoms with Crippen LogP contribution in [0.15, 0.2) is 18.2 Å². The molecule has 0 saturated heterocycles. The van der Waals surface area contributed by atoms with Crippen molar-refractivity contribution in [3.8, 4) is 6.07 Å². The van der Waals surface area contributed by atoms with Crippen molar-refractivity contribution < 1.29 is 13.2 Å². The van der Waals surface area contributed by atoms with Crippen molar-refractivity contribution in [2.24, 2.45) is 5.73 Å². The molecule has 1 unspecified atom stereocenters. The molecule has 6 heteroatoms. The van der Waals surface area contributed by atoms with Crippen molar-refractivity contribution in [3.05, 3.63) is 29.3 Å². The van der Waals surface area contributed by atoms with Crippen LogP contribution in [0.25, 0.3) is 0 Å². The van der Waals surface area contributed by atoms with Crippen molar-refractivity contribution in [1.29, 1.82) is 5.26 Å². The molecule has 0 aliphatic rings. The van der Waals surface area contributed by atoms with Gasteiger partial charge in [-0.1, -0.05) is 0 Å². The Morgan fingerprint density at radius 2 is 2.12 bits per heavy atom. The van der Waals surface area contributed by atoms with Gasteiger partial charge in [0.1, 0.15) is 6.07 Å². The van der Waals surface area contributed by atoms with Crippen LogP contribution in [0.3, 0.4) is 0 Å². The molecule has 17 heavy (non-hydrogen) atoms. The molecule has 3 N–H and O–H groups in total. The van der Waals surface area contributed by atoms with Crippen molar-refractivity contribution in [2.75, 3.05) is 11.9 Å². The second-order valence-electron chi connectivity index (χ2n) is 3.65. The molecule has 0 aliphatic heterocycles. The van der Waals surface area contributed by atoms with Gasteiger partial charge in [-0.2, -0.15) is 18.4 Å². The third kappa shape index (κ3) is 3.36. The van der Waals surface area contributed by atoms with Crippen LogP contribution in [-0.4, -0.2) is 12.6 Å². The fourth-order valence-corrected chi connectivity index (χ4v) is 1.26. The van der Waals surface area contributed by atoms with Crippen LogP contribution < -0.4 is 11.1 Å². The lowest BCUT2D eigenvalue weighted by Gasteiger charge is -2.15. The minimum Gasteiger partial charge on any atom is -0.380 e. The Morgan fingerprint density at radius 3 is 2.59 bits per heavy atom. The van der Waals surface area contributed by atoms with Gasteiger partial charge in [0.15, 0.2) is 0 Å². The summed E-state index contributed by atoms with van der Waals surface area (Å²) in [6.07, 6.45) is -4.44. The predicted molar refractivity (Wildman–Crippen MR) is 58.3 cm³/mol. The van der Waals surface area contributed by atoms with E-state index in [0.29, 0.717) is 12.2 Å². The molecule has 0 spiro atoms. The van der Waals surface area contributed by atoms with E-state index < -0.39 is 11.7 Å². The second kappa shape index (κ2) is 5.06. The number of alkyl halides is 3. The van der Waals surface area contributed by atoms with Gasteiger partial charge < -0.3 is 11.1 Å². The lowest BCUT2D eigenvalue weighted by molar-refractivity contribution is -0.137. The van der Waals surface area contributed by atoms with Crippen LogP contribution in [0.2, 0.25) is 0 Å². The van der Waals surface area contributed by atoms with Crippen molar-refractivity contribution in [3.63, 3.8) is 0 Å². The summed E-state index contributed by atoms with van der Waals surface area (Å²) in [4.78, 5) is 0.